The third-order valence-corrected chi connectivity index (χ3v) is 15.5. The number of allylic oxidation sites excluding steroid dienone is 1. The first-order valence-electron chi connectivity index (χ1n) is 24.6. The van der Waals surface area contributed by atoms with Gasteiger partial charge in [-0.3, -0.25) is 28.6 Å². The maximum absolute atomic E-state index is 14.8. The summed E-state index contributed by atoms with van der Waals surface area (Å²) in [6.07, 6.45) is -0.0153. The molecule has 4 heterocycles. The van der Waals surface area contributed by atoms with E-state index >= 15 is 0 Å². The normalized spacial score (nSPS) is 15.6. The number of carbonyl (C=O) groups is 3. The Morgan fingerprint density at radius 2 is 1.35 bits per heavy atom. The van der Waals surface area contributed by atoms with E-state index in [2.05, 4.69) is 57.3 Å². The summed E-state index contributed by atoms with van der Waals surface area (Å²) < 4.78 is 19.7. The molecule has 2 unspecified atom stereocenters. The van der Waals surface area contributed by atoms with Gasteiger partial charge in [-0.05, 0) is 58.7 Å². The SMILES string of the molecule is CCOC(Cn1nc(SC=CC2=C(C(=O)OC(c3ccccc3)c3ccccc3)N3C(=O)C(NC(=O)C(=NOC)c4csc(NC(c5ccccc5)(c5ccccc5)c5ccccc5)n4)C3SC2)n(C)c(=O)c1=O)OCC. The van der Waals surface area contributed by atoms with E-state index in [0.29, 0.717) is 35.0 Å². The fourth-order valence-corrected chi connectivity index (χ4v) is 11.8. The lowest BCUT2D eigenvalue weighted by molar-refractivity contribution is -0.154. The minimum absolute atomic E-state index is 0.0271. The molecule has 9 rings (SSSR count). The number of nitrogens with one attached hydrogen (secondary N) is 2. The summed E-state index contributed by atoms with van der Waals surface area (Å²) in [5, 5.41) is 18.4. The molecule has 2 aromatic heterocycles. The Morgan fingerprint density at radius 3 is 1.88 bits per heavy atom. The number of benzene rings is 5. The third-order valence-electron chi connectivity index (χ3n) is 12.7. The minimum Gasteiger partial charge on any atom is -0.448 e. The molecule has 0 aliphatic carbocycles. The quantitative estimate of drug-likeness (QED) is 0.00973. The fraction of sp³-hybridized carbons (Fsp3) is 0.228. The Balaban J connectivity index is 1.00. The topological polar surface area (TPSA) is 198 Å². The lowest BCUT2D eigenvalue weighted by Gasteiger charge is -2.49. The molecule has 1 saturated heterocycles. The van der Waals surface area contributed by atoms with Gasteiger partial charge in [0, 0.05) is 31.4 Å². The first-order chi connectivity index (χ1) is 37.6. The van der Waals surface area contributed by atoms with Crippen LogP contribution in [-0.4, -0.2) is 91.5 Å². The number of thiazole rings is 1. The molecule has 7 aromatic rings. The second-order valence-corrected chi connectivity index (χ2v) is 20.2. The van der Waals surface area contributed by atoms with Gasteiger partial charge in [-0.1, -0.05) is 169 Å². The number of amides is 2. The average molecular weight is 1090 g/mol. The van der Waals surface area contributed by atoms with Crippen LogP contribution in [0.1, 0.15) is 53.5 Å². The van der Waals surface area contributed by atoms with Crippen molar-refractivity contribution in [3.8, 4) is 0 Å². The van der Waals surface area contributed by atoms with Crippen molar-refractivity contribution < 1.29 is 33.4 Å². The zero-order valence-corrected chi connectivity index (χ0v) is 44.8. The van der Waals surface area contributed by atoms with Crippen molar-refractivity contribution in [2.24, 2.45) is 12.2 Å². The lowest BCUT2D eigenvalue weighted by Crippen LogP contribution is -2.71. The number of carbonyl (C=O) groups excluding carboxylic acids is 3. The molecule has 2 atom stereocenters. The maximum Gasteiger partial charge on any atom is 0.356 e. The zero-order chi connectivity index (χ0) is 53.9. The first-order valence-corrected chi connectivity index (χ1v) is 27.4. The van der Waals surface area contributed by atoms with Crippen LogP contribution in [0.15, 0.2) is 200 Å². The second-order valence-electron chi connectivity index (χ2n) is 17.4. The van der Waals surface area contributed by atoms with E-state index in [-0.39, 0.29) is 34.6 Å². The maximum atomic E-state index is 14.8. The number of hydrogen-bond donors (Lipinski definition) is 2. The second kappa shape index (κ2) is 24.9. The first kappa shape index (κ1) is 53.9. The smallest absolute Gasteiger partial charge is 0.356 e. The largest absolute Gasteiger partial charge is 0.448 e. The average Bonchev–Trinajstić information content (AvgIpc) is 3.98. The predicted molar refractivity (Wildman–Crippen MR) is 297 cm³/mol. The molecule has 2 aliphatic rings. The van der Waals surface area contributed by atoms with Gasteiger partial charge in [0.2, 0.25) is 0 Å². The summed E-state index contributed by atoms with van der Waals surface area (Å²) >= 11 is 3.64. The van der Waals surface area contributed by atoms with Crippen LogP contribution in [0.5, 0.6) is 0 Å². The number of β-lactam (4-membered cyclic amide) rings is 1. The molecule has 5 aromatic carbocycles. The van der Waals surface area contributed by atoms with Crippen molar-refractivity contribution in [1.29, 1.82) is 0 Å². The van der Waals surface area contributed by atoms with E-state index in [0.717, 1.165) is 37.7 Å². The van der Waals surface area contributed by atoms with Gasteiger partial charge in [-0.15, -0.1) is 28.2 Å². The predicted octanol–water partition coefficient (Wildman–Crippen LogP) is 7.84. The van der Waals surface area contributed by atoms with Gasteiger partial charge in [0.15, 0.2) is 28.4 Å². The van der Waals surface area contributed by atoms with Crippen LogP contribution in [0, 0.1) is 0 Å². The van der Waals surface area contributed by atoms with Crippen molar-refractivity contribution in [3.63, 3.8) is 0 Å². The van der Waals surface area contributed by atoms with E-state index in [1.807, 2.05) is 115 Å². The number of hydrogen-bond acceptors (Lipinski definition) is 16. The molecule has 20 heteroatoms. The Hall–Kier alpha value is -7.88. The summed E-state index contributed by atoms with van der Waals surface area (Å²) in [6.45, 7) is 4.08. The standard InChI is InChI=1S/C57H54N8O9S3/c1-5-72-44(73-6-2)34-64-52(69)51(68)63(3)56(61-64)75-33-32-39-35-76-53-46(50(67)65(53)47(39)54(70)74-48(37-22-12-7-13-23-37)38-24-14-8-15-25-38)59-49(66)45(62-71-4)43-36-77-55(58-43)60-57(40-26-16-9-17-27-40,41-28-18-10-19-29-41)42-30-20-11-21-31-42/h7-33,36,44,46,48,53H,5-6,34-35H2,1-4H3,(H,58,60)(H,59,66). The number of esters is 1. The number of anilines is 1. The Bertz CT molecular complexity index is 3270. The van der Waals surface area contributed by atoms with Crippen LogP contribution in [0.3, 0.4) is 0 Å². The van der Waals surface area contributed by atoms with Crippen LogP contribution in [0.4, 0.5) is 5.13 Å². The number of rotatable bonds is 22. The zero-order valence-electron chi connectivity index (χ0n) is 42.4. The van der Waals surface area contributed by atoms with Gasteiger partial charge >= 0.3 is 17.1 Å². The number of fused-ring (bicyclic) bond motifs is 1. The van der Waals surface area contributed by atoms with E-state index in [4.69, 9.17) is 24.0 Å². The molecule has 1 fully saturated rings. The molecule has 77 heavy (non-hydrogen) atoms. The molecular formula is C57H54N8O9S3. The van der Waals surface area contributed by atoms with Crippen molar-refractivity contribution in [1.82, 2.24) is 29.5 Å². The van der Waals surface area contributed by atoms with Gasteiger partial charge in [0.1, 0.15) is 35.5 Å². The summed E-state index contributed by atoms with van der Waals surface area (Å²) in [6, 6.07) is 47.5. The number of aromatic nitrogens is 4. The van der Waals surface area contributed by atoms with Crippen LogP contribution < -0.4 is 21.8 Å². The lowest BCUT2D eigenvalue weighted by atomic mass is 9.77. The molecule has 0 radical (unpaired) electrons. The Morgan fingerprint density at radius 1 is 0.805 bits per heavy atom. The fourth-order valence-electron chi connectivity index (χ4n) is 9.02. The molecule has 394 valence electrons. The van der Waals surface area contributed by atoms with Gasteiger partial charge in [-0.2, -0.15) is 0 Å². The van der Waals surface area contributed by atoms with E-state index in [1.165, 1.54) is 42.2 Å². The van der Waals surface area contributed by atoms with Crippen molar-refractivity contribution in [2.75, 3.05) is 31.4 Å². The third kappa shape index (κ3) is 11.6. The molecule has 2 amide bonds. The van der Waals surface area contributed by atoms with Gasteiger partial charge in [0.25, 0.3) is 11.8 Å². The van der Waals surface area contributed by atoms with Gasteiger partial charge in [-0.25, -0.2) is 14.5 Å². The Labute approximate surface area is 456 Å². The molecule has 0 spiro atoms. The van der Waals surface area contributed by atoms with Gasteiger partial charge < -0.3 is 29.7 Å². The number of ether oxygens (including phenoxy) is 3. The van der Waals surface area contributed by atoms with Gasteiger partial charge in [0.05, 0.1) is 6.54 Å². The monoisotopic (exact) mass is 1090 g/mol. The van der Waals surface area contributed by atoms with Crippen LogP contribution in [-0.2, 0) is 52.6 Å². The van der Waals surface area contributed by atoms with E-state index in [9.17, 15) is 24.0 Å². The molecule has 2 aliphatic heterocycles. The van der Waals surface area contributed by atoms with E-state index < -0.39 is 58.3 Å². The number of oxime groups is 1. The number of thioether (sulfide) groups is 2. The highest BCUT2D eigenvalue weighted by Gasteiger charge is 2.55. The summed E-state index contributed by atoms with van der Waals surface area (Å²) in [5.41, 5.74) is 2.15. The molecule has 2 N–H and O–H groups in total. The molecular weight excluding hydrogens is 1040 g/mol. The van der Waals surface area contributed by atoms with E-state index in [1.54, 1.807) is 30.7 Å². The van der Waals surface area contributed by atoms with Crippen molar-refractivity contribution in [2.45, 2.75) is 54.9 Å². The summed E-state index contributed by atoms with van der Waals surface area (Å²) in [7, 11) is 2.75. The van der Waals surface area contributed by atoms with Crippen LogP contribution >= 0.6 is 34.9 Å². The van der Waals surface area contributed by atoms with Crippen molar-refractivity contribution in [3.05, 3.63) is 234 Å². The minimum atomic E-state index is -1.09. The van der Waals surface area contributed by atoms with Crippen LogP contribution in [0.2, 0.25) is 0 Å². The number of nitrogens with zero attached hydrogens (tertiary/aromatic N) is 6. The Kier molecular flexibility index (Phi) is 17.4. The van der Waals surface area contributed by atoms with Crippen LogP contribution in [0.25, 0.3) is 0 Å². The summed E-state index contributed by atoms with van der Waals surface area (Å²) in [4.78, 5) is 81.4. The highest BCUT2D eigenvalue weighted by molar-refractivity contribution is 8.02. The highest BCUT2D eigenvalue weighted by atomic mass is 32.2. The highest BCUT2D eigenvalue weighted by Crippen LogP contribution is 2.43. The van der Waals surface area contributed by atoms with Crippen molar-refractivity contribution >= 4 is 63.5 Å². The molecule has 0 saturated carbocycles. The molecule has 0 bridgehead atoms. The molecule has 17 nitrogen and oxygen atoms in total. The summed E-state index contributed by atoms with van der Waals surface area (Å²) in [5.74, 6) is -1.87.